The van der Waals surface area contributed by atoms with Gasteiger partial charge in [0.15, 0.2) is 0 Å². The zero-order chi connectivity index (χ0) is 11.4. The number of aryl methyl sites for hydroxylation is 1. The highest BCUT2D eigenvalue weighted by Gasteiger charge is 2.13. The van der Waals surface area contributed by atoms with Crippen molar-refractivity contribution >= 4 is 6.29 Å². The molecule has 0 aromatic carbocycles. The number of aldehydes is 1. The van der Waals surface area contributed by atoms with E-state index in [-0.39, 0.29) is 0 Å². The van der Waals surface area contributed by atoms with Crippen LogP contribution in [0.15, 0.2) is 36.4 Å². The average molecular weight is 209 g/mol. The lowest BCUT2D eigenvalue weighted by molar-refractivity contribution is -0.107. The van der Waals surface area contributed by atoms with Gasteiger partial charge < -0.3 is 4.79 Å². The van der Waals surface area contributed by atoms with Crippen molar-refractivity contribution < 1.29 is 4.79 Å². The molecule has 0 fully saturated rings. The minimum atomic E-state index is 0.503. The van der Waals surface area contributed by atoms with Crippen molar-refractivity contribution in [3.8, 4) is 17.2 Å². The maximum atomic E-state index is 10.4. The van der Waals surface area contributed by atoms with Crippen LogP contribution in [-0.4, -0.2) is 6.29 Å². The summed E-state index contributed by atoms with van der Waals surface area (Å²) in [4.78, 5) is 10.4. The van der Waals surface area contributed by atoms with Crippen molar-refractivity contribution in [2.24, 2.45) is 0 Å². The highest BCUT2D eigenvalue weighted by atomic mass is 16.1. The lowest BCUT2D eigenvalue weighted by atomic mass is 10.1. The fourth-order valence-electron chi connectivity index (χ4n) is 1.91. The standard InChI is InChI=1S/C14H11NO/c15-10-12-9-11(5-4-8-16)13-6-2-1-3-7-14(12)13/h1-3,6-9H,4-5H2. The van der Waals surface area contributed by atoms with E-state index in [2.05, 4.69) is 6.07 Å². The number of hydrogen-bond donors (Lipinski definition) is 0. The van der Waals surface area contributed by atoms with Gasteiger partial charge in [0.2, 0.25) is 0 Å². The second kappa shape index (κ2) is 4.59. The molecule has 0 aromatic rings. The van der Waals surface area contributed by atoms with Crippen LogP contribution in [0, 0.1) is 11.3 Å². The Morgan fingerprint density at radius 3 is 2.62 bits per heavy atom. The van der Waals surface area contributed by atoms with Gasteiger partial charge in [0, 0.05) is 6.42 Å². The molecule has 0 N–H and O–H groups in total. The minimum absolute atomic E-state index is 0.503. The fraction of sp³-hybridized carbons (Fsp3) is 0.143. The second-order valence-electron chi connectivity index (χ2n) is 3.64. The van der Waals surface area contributed by atoms with Gasteiger partial charge in [-0.15, -0.1) is 0 Å². The summed E-state index contributed by atoms with van der Waals surface area (Å²) in [6.45, 7) is 0. The molecule has 0 aliphatic heterocycles. The van der Waals surface area contributed by atoms with Gasteiger partial charge in [0.05, 0.1) is 11.6 Å². The number of nitrogens with zero attached hydrogens (tertiary/aromatic N) is 1. The van der Waals surface area contributed by atoms with Crippen LogP contribution in [-0.2, 0) is 11.2 Å². The summed E-state index contributed by atoms with van der Waals surface area (Å²) in [5.74, 6) is 0. The lowest BCUT2D eigenvalue weighted by Gasteiger charge is -1.97. The molecular weight excluding hydrogens is 198 g/mol. The molecule has 0 heterocycles. The van der Waals surface area contributed by atoms with Gasteiger partial charge >= 0.3 is 0 Å². The molecule has 2 aliphatic rings. The van der Waals surface area contributed by atoms with Crippen LogP contribution in [0.4, 0.5) is 0 Å². The van der Waals surface area contributed by atoms with Crippen molar-refractivity contribution in [3.63, 3.8) is 0 Å². The lowest BCUT2D eigenvalue weighted by Crippen LogP contribution is -1.84. The van der Waals surface area contributed by atoms with E-state index < -0.39 is 0 Å². The van der Waals surface area contributed by atoms with E-state index in [4.69, 9.17) is 5.26 Å². The van der Waals surface area contributed by atoms with Crippen LogP contribution >= 0.6 is 0 Å². The largest absolute Gasteiger partial charge is 0.303 e. The van der Waals surface area contributed by atoms with Crippen molar-refractivity contribution in [2.75, 3.05) is 0 Å². The Morgan fingerprint density at radius 2 is 1.94 bits per heavy atom. The number of nitriles is 1. The van der Waals surface area contributed by atoms with E-state index in [0.29, 0.717) is 18.4 Å². The summed E-state index contributed by atoms with van der Waals surface area (Å²) in [6, 6.07) is 13.8. The molecule has 78 valence electrons. The zero-order valence-corrected chi connectivity index (χ0v) is 8.81. The van der Waals surface area contributed by atoms with Gasteiger partial charge in [-0.3, -0.25) is 0 Å². The van der Waals surface area contributed by atoms with E-state index in [9.17, 15) is 4.79 Å². The molecule has 0 aromatic heterocycles. The molecule has 2 nitrogen and oxygen atoms in total. The normalized spacial score (nSPS) is 9.94. The van der Waals surface area contributed by atoms with Crippen LogP contribution in [0.2, 0.25) is 0 Å². The van der Waals surface area contributed by atoms with Crippen LogP contribution in [0.1, 0.15) is 17.5 Å². The van der Waals surface area contributed by atoms with Crippen LogP contribution in [0.3, 0.4) is 0 Å². The molecule has 2 rings (SSSR count). The highest BCUT2D eigenvalue weighted by molar-refractivity contribution is 5.77. The van der Waals surface area contributed by atoms with Gasteiger partial charge in [0.25, 0.3) is 0 Å². The van der Waals surface area contributed by atoms with E-state index in [0.717, 1.165) is 23.0 Å². The van der Waals surface area contributed by atoms with Crippen LogP contribution in [0.5, 0.6) is 0 Å². The highest BCUT2D eigenvalue weighted by Crippen LogP contribution is 2.31. The average Bonchev–Trinajstić information content (AvgIpc) is 2.50. The van der Waals surface area contributed by atoms with Gasteiger partial charge in [-0.25, -0.2) is 0 Å². The molecule has 2 heteroatoms. The number of carbonyl (C=O) groups excluding carboxylic acids is 1. The van der Waals surface area contributed by atoms with Crippen molar-refractivity contribution in [1.29, 1.82) is 5.26 Å². The molecule has 0 saturated heterocycles. The third-order valence-corrected chi connectivity index (χ3v) is 2.64. The summed E-state index contributed by atoms with van der Waals surface area (Å²) in [6.07, 6.45) is 2.11. The Morgan fingerprint density at radius 1 is 1.19 bits per heavy atom. The summed E-state index contributed by atoms with van der Waals surface area (Å²) < 4.78 is 0. The Hall–Kier alpha value is -2.14. The first-order chi connectivity index (χ1) is 7.86. The maximum absolute atomic E-state index is 10.4. The molecule has 0 spiro atoms. The smallest absolute Gasteiger partial charge is 0.120 e. The SMILES string of the molecule is N#Cc1cc(CCC=O)c2cccccc1-2. The molecule has 0 unspecified atom stereocenters. The fourth-order valence-corrected chi connectivity index (χ4v) is 1.91. The molecule has 0 bridgehead atoms. The van der Waals surface area contributed by atoms with Crippen molar-refractivity contribution in [1.82, 2.24) is 0 Å². The van der Waals surface area contributed by atoms with E-state index >= 15 is 0 Å². The van der Waals surface area contributed by atoms with Crippen molar-refractivity contribution in [2.45, 2.75) is 12.8 Å². The Labute approximate surface area is 94.5 Å². The summed E-state index contributed by atoms with van der Waals surface area (Å²) in [5, 5.41) is 9.04. The van der Waals surface area contributed by atoms with Crippen molar-refractivity contribution in [3.05, 3.63) is 47.5 Å². The Balaban J connectivity index is 2.53. The zero-order valence-electron chi connectivity index (χ0n) is 8.81. The quantitative estimate of drug-likeness (QED) is 0.729. The molecule has 0 radical (unpaired) electrons. The molecule has 2 aliphatic carbocycles. The summed E-state index contributed by atoms with van der Waals surface area (Å²) in [7, 11) is 0. The third-order valence-electron chi connectivity index (χ3n) is 2.64. The number of fused-ring (bicyclic) bond motifs is 1. The predicted octanol–water partition coefficient (Wildman–Crippen LogP) is 2.79. The van der Waals surface area contributed by atoms with Crippen LogP contribution < -0.4 is 0 Å². The van der Waals surface area contributed by atoms with Crippen LogP contribution in [0.25, 0.3) is 11.1 Å². The maximum Gasteiger partial charge on any atom is 0.120 e. The molecule has 0 amide bonds. The van der Waals surface area contributed by atoms with E-state index in [1.54, 1.807) is 0 Å². The predicted molar refractivity (Wildman–Crippen MR) is 62.2 cm³/mol. The second-order valence-corrected chi connectivity index (χ2v) is 3.64. The first kappa shape index (κ1) is 10.4. The molecular formula is C14H11NO. The van der Waals surface area contributed by atoms with Gasteiger partial charge in [-0.05, 0) is 29.2 Å². The van der Waals surface area contributed by atoms with Gasteiger partial charge in [-0.2, -0.15) is 5.26 Å². The first-order valence-corrected chi connectivity index (χ1v) is 5.21. The van der Waals surface area contributed by atoms with Gasteiger partial charge in [-0.1, -0.05) is 30.3 Å². The minimum Gasteiger partial charge on any atom is -0.303 e. The topological polar surface area (TPSA) is 40.9 Å². The number of carbonyl (C=O) groups is 1. The molecule has 0 saturated carbocycles. The molecule has 16 heavy (non-hydrogen) atoms. The van der Waals surface area contributed by atoms with Gasteiger partial charge in [0.1, 0.15) is 6.29 Å². The number of hydrogen-bond acceptors (Lipinski definition) is 2. The Bertz CT molecular complexity index is 525. The molecule has 0 atom stereocenters. The first-order valence-electron chi connectivity index (χ1n) is 5.21. The van der Waals surface area contributed by atoms with E-state index in [1.807, 2.05) is 36.4 Å². The monoisotopic (exact) mass is 209 g/mol. The third kappa shape index (κ3) is 1.80. The van der Waals surface area contributed by atoms with E-state index in [1.165, 1.54) is 0 Å². The number of rotatable bonds is 3. The summed E-state index contributed by atoms with van der Waals surface area (Å²) in [5.41, 5.74) is 3.80. The summed E-state index contributed by atoms with van der Waals surface area (Å²) >= 11 is 0. The Kier molecular flexibility index (Phi) is 2.98.